The van der Waals surface area contributed by atoms with Gasteiger partial charge in [-0.15, -0.1) is 0 Å². The van der Waals surface area contributed by atoms with E-state index in [1.165, 1.54) is 12.8 Å². The molecule has 1 aliphatic carbocycles. The number of rotatable bonds is 0. The molecule has 0 radical (unpaired) electrons. The van der Waals surface area contributed by atoms with Gasteiger partial charge in [-0.25, -0.2) is 0 Å². The molecular formula is C15H16O2. The maximum Gasteiger partial charge on any atom is 0.196 e. The number of para-hydroxylation sites is 1. The predicted molar refractivity (Wildman–Crippen MR) is 68.4 cm³/mol. The first-order valence-electron chi connectivity index (χ1n) is 6.40. The molecule has 3 rings (SSSR count). The molecule has 1 heterocycles. The Morgan fingerprint density at radius 3 is 2.59 bits per heavy atom. The summed E-state index contributed by atoms with van der Waals surface area (Å²) in [6.07, 6.45) is 6.50. The van der Waals surface area contributed by atoms with Crippen molar-refractivity contribution in [2.75, 3.05) is 0 Å². The molecule has 0 atom stereocenters. The summed E-state index contributed by atoms with van der Waals surface area (Å²) < 4.78 is 5.90. The SMILES string of the molecule is O=c1c2c(oc3ccccc13)CCCCCC2. The fourth-order valence-corrected chi connectivity index (χ4v) is 2.62. The second-order valence-corrected chi connectivity index (χ2v) is 4.74. The lowest BCUT2D eigenvalue weighted by molar-refractivity contribution is 0.487. The van der Waals surface area contributed by atoms with Crippen molar-refractivity contribution >= 4 is 11.0 Å². The molecule has 0 fully saturated rings. The molecule has 2 aromatic rings. The highest BCUT2D eigenvalue weighted by Crippen LogP contribution is 2.21. The van der Waals surface area contributed by atoms with Crippen molar-refractivity contribution in [2.24, 2.45) is 0 Å². The van der Waals surface area contributed by atoms with Gasteiger partial charge in [0.05, 0.1) is 5.39 Å². The van der Waals surface area contributed by atoms with Gasteiger partial charge in [-0.05, 0) is 31.4 Å². The Balaban J connectivity index is 2.25. The Morgan fingerprint density at radius 2 is 1.71 bits per heavy atom. The summed E-state index contributed by atoms with van der Waals surface area (Å²) in [5, 5.41) is 0.729. The maximum absolute atomic E-state index is 12.4. The van der Waals surface area contributed by atoms with Crippen LogP contribution in [0.4, 0.5) is 0 Å². The second kappa shape index (κ2) is 4.36. The minimum absolute atomic E-state index is 0.184. The third-order valence-electron chi connectivity index (χ3n) is 3.56. The lowest BCUT2D eigenvalue weighted by atomic mass is 9.97. The van der Waals surface area contributed by atoms with E-state index in [9.17, 15) is 4.79 Å². The Morgan fingerprint density at radius 1 is 0.941 bits per heavy atom. The highest BCUT2D eigenvalue weighted by Gasteiger charge is 2.15. The summed E-state index contributed by atoms with van der Waals surface area (Å²) >= 11 is 0. The molecule has 0 N–H and O–H groups in total. The van der Waals surface area contributed by atoms with Gasteiger partial charge in [-0.2, -0.15) is 0 Å². The number of fused-ring (bicyclic) bond motifs is 2. The first-order chi connectivity index (χ1) is 8.36. The van der Waals surface area contributed by atoms with E-state index in [1.807, 2.05) is 24.3 Å². The minimum Gasteiger partial charge on any atom is -0.461 e. The zero-order valence-corrected chi connectivity index (χ0v) is 9.87. The van der Waals surface area contributed by atoms with Crippen LogP contribution in [0, 0.1) is 0 Å². The summed E-state index contributed by atoms with van der Waals surface area (Å²) in [5.74, 6) is 0.924. The van der Waals surface area contributed by atoms with E-state index in [4.69, 9.17) is 4.42 Å². The van der Waals surface area contributed by atoms with E-state index in [0.717, 1.165) is 48.0 Å². The van der Waals surface area contributed by atoms with Crippen molar-refractivity contribution in [2.45, 2.75) is 38.5 Å². The molecule has 2 heteroatoms. The van der Waals surface area contributed by atoms with Crippen molar-refractivity contribution in [1.29, 1.82) is 0 Å². The van der Waals surface area contributed by atoms with Crippen LogP contribution in [0.15, 0.2) is 33.5 Å². The molecule has 2 nitrogen and oxygen atoms in total. The zero-order valence-electron chi connectivity index (χ0n) is 9.87. The van der Waals surface area contributed by atoms with E-state index >= 15 is 0 Å². The maximum atomic E-state index is 12.4. The fourth-order valence-electron chi connectivity index (χ4n) is 2.62. The smallest absolute Gasteiger partial charge is 0.196 e. The van der Waals surface area contributed by atoms with E-state index in [-0.39, 0.29) is 5.43 Å². The molecule has 0 unspecified atom stereocenters. The first-order valence-corrected chi connectivity index (χ1v) is 6.40. The van der Waals surface area contributed by atoms with Gasteiger partial charge in [-0.3, -0.25) is 4.79 Å². The third kappa shape index (κ3) is 1.88. The lowest BCUT2D eigenvalue weighted by Gasteiger charge is -2.12. The molecule has 1 aromatic heterocycles. The highest BCUT2D eigenvalue weighted by atomic mass is 16.3. The van der Waals surface area contributed by atoms with Crippen LogP contribution in [0.5, 0.6) is 0 Å². The Bertz CT molecular complexity index is 595. The fraction of sp³-hybridized carbons (Fsp3) is 0.400. The molecule has 0 bridgehead atoms. The standard InChI is InChI=1S/C15H16O2/c16-15-11-7-3-1-2-4-9-13(11)17-14-10-6-5-8-12(14)15/h5-6,8,10H,1-4,7,9H2. The van der Waals surface area contributed by atoms with Crippen molar-refractivity contribution in [3.63, 3.8) is 0 Å². The summed E-state index contributed by atoms with van der Waals surface area (Å²) in [6, 6.07) is 7.56. The van der Waals surface area contributed by atoms with Crippen LogP contribution >= 0.6 is 0 Å². The van der Waals surface area contributed by atoms with E-state index in [2.05, 4.69) is 0 Å². The van der Waals surface area contributed by atoms with Crippen LogP contribution in [0.2, 0.25) is 0 Å². The molecule has 17 heavy (non-hydrogen) atoms. The van der Waals surface area contributed by atoms with Crippen LogP contribution in [0.3, 0.4) is 0 Å². The number of hydrogen-bond acceptors (Lipinski definition) is 2. The van der Waals surface area contributed by atoms with Gasteiger partial charge < -0.3 is 4.42 Å². The van der Waals surface area contributed by atoms with Gasteiger partial charge in [0.2, 0.25) is 0 Å². The quantitative estimate of drug-likeness (QED) is 0.691. The van der Waals surface area contributed by atoms with E-state index in [0.29, 0.717) is 0 Å². The van der Waals surface area contributed by atoms with Gasteiger partial charge in [0.25, 0.3) is 0 Å². The van der Waals surface area contributed by atoms with Crippen LogP contribution in [-0.4, -0.2) is 0 Å². The summed E-state index contributed by atoms with van der Waals surface area (Å²) in [4.78, 5) is 12.4. The molecule has 0 saturated carbocycles. The van der Waals surface area contributed by atoms with Crippen LogP contribution in [0.25, 0.3) is 11.0 Å². The molecular weight excluding hydrogens is 212 g/mol. The molecule has 0 saturated heterocycles. The van der Waals surface area contributed by atoms with Crippen LogP contribution in [0.1, 0.15) is 37.0 Å². The Hall–Kier alpha value is -1.57. The summed E-state index contributed by atoms with van der Waals surface area (Å²) in [6.45, 7) is 0. The molecule has 1 aromatic carbocycles. The second-order valence-electron chi connectivity index (χ2n) is 4.74. The van der Waals surface area contributed by atoms with Crippen LogP contribution in [-0.2, 0) is 12.8 Å². The van der Waals surface area contributed by atoms with Gasteiger partial charge in [0.15, 0.2) is 5.43 Å². The predicted octanol–water partition coefficient (Wildman–Crippen LogP) is 3.45. The average Bonchev–Trinajstić information content (AvgIpc) is 2.32. The molecule has 0 amide bonds. The van der Waals surface area contributed by atoms with E-state index in [1.54, 1.807) is 0 Å². The third-order valence-corrected chi connectivity index (χ3v) is 3.56. The van der Waals surface area contributed by atoms with Crippen molar-refractivity contribution in [3.05, 3.63) is 45.8 Å². The molecule has 1 aliphatic rings. The summed E-state index contributed by atoms with van der Waals surface area (Å²) in [5.41, 5.74) is 1.84. The van der Waals surface area contributed by atoms with Crippen LogP contribution < -0.4 is 5.43 Å². The normalized spacial score (nSPS) is 16.2. The Kier molecular flexibility index (Phi) is 2.71. The van der Waals surface area contributed by atoms with E-state index < -0.39 is 0 Å². The number of benzene rings is 1. The minimum atomic E-state index is 0.184. The largest absolute Gasteiger partial charge is 0.461 e. The monoisotopic (exact) mass is 228 g/mol. The van der Waals surface area contributed by atoms with Gasteiger partial charge >= 0.3 is 0 Å². The lowest BCUT2D eigenvalue weighted by Crippen LogP contribution is -2.14. The number of aryl methyl sites for hydroxylation is 1. The summed E-state index contributed by atoms with van der Waals surface area (Å²) in [7, 11) is 0. The molecule has 0 spiro atoms. The average molecular weight is 228 g/mol. The first kappa shape index (κ1) is 10.6. The molecule has 0 aliphatic heterocycles. The van der Waals surface area contributed by atoms with Crippen molar-refractivity contribution in [3.8, 4) is 0 Å². The topological polar surface area (TPSA) is 30.2 Å². The Labute approximate surface area is 100 Å². The van der Waals surface area contributed by atoms with Crippen molar-refractivity contribution < 1.29 is 4.42 Å². The zero-order chi connectivity index (χ0) is 11.7. The number of hydrogen-bond donors (Lipinski definition) is 0. The van der Waals surface area contributed by atoms with Gasteiger partial charge in [0, 0.05) is 12.0 Å². The highest BCUT2D eigenvalue weighted by molar-refractivity contribution is 5.77. The van der Waals surface area contributed by atoms with Gasteiger partial charge in [0.1, 0.15) is 11.3 Å². The molecule has 88 valence electrons. The van der Waals surface area contributed by atoms with Gasteiger partial charge in [-0.1, -0.05) is 25.0 Å². The van der Waals surface area contributed by atoms with Crippen molar-refractivity contribution in [1.82, 2.24) is 0 Å².